The minimum absolute atomic E-state index is 0.00279. The maximum Gasteiger partial charge on any atom is 0.240 e. The number of halogens is 2. The summed E-state index contributed by atoms with van der Waals surface area (Å²) in [5.41, 5.74) is 2.81. The number of aryl methyl sites for hydroxylation is 2. The van der Waals surface area contributed by atoms with E-state index in [9.17, 15) is 14.0 Å². The first-order valence-electron chi connectivity index (χ1n) is 11.9. The molecule has 6 nitrogen and oxygen atoms in total. The Kier molecular flexibility index (Phi) is 6.19. The molecule has 188 valence electrons. The molecule has 4 aromatic rings. The van der Waals surface area contributed by atoms with E-state index in [1.807, 2.05) is 19.9 Å². The molecule has 0 saturated heterocycles. The molecule has 37 heavy (non-hydrogen) atoms. The molecule has 0 radical (unpaired) electrons. The van der Waals surface area contributed by atoms with E-state index in [1.54, 1.807) is 25.4 Å². The van der Waals surface area contributed by atoms with Gasteiger partial charge in [0.1, 0.15) is 16.7 Å². The average Bonchev–Trinajstić information content (AvgIpc) is 3.69. The third kappa shape index (κ3) is 4.67. The number of amides is 1. The standard InChI is InChI=1S/C29H25F2N3O3/c1-17-14-23-27(33-18(17)2)25(10-13-32-23)37-24-9-4-19(15-22(24)31)16-26(35)29(11-12-29)28(36)34(3)21-7-5-20(30)6-8-21/h4-10,13-15H,11-12,16H2,1-3H3. The molecule has 2 heterocycles. The number of carbonyl (C=O) groups excluding carboxylic acids is 2. The molecule has 2 aromatic heterocycles. The van der Waals surface area contributed by atoms with Crippen LogP contribution in [0.1, 0.15) is 29.7 Å². The Morgan fingerprint density at radius 3 is 2.41 bits per heavy atom. The van der Waals surface area contributed by atoms with Crippen LogP contribution >= 0.6 is 0 Å². The van der Waals surface area contributed by atoms with Crippen molar-refractivity contribution in [2.24, 2.45) is 5.41 Å². The Balaban J connectivity index is 1.32. The minimum atomic E-state index is -1.13. The van der Waals surface area contributed by atoms with Crippen molar-refractivity contribution in [1.82, 2.24) is 9.97 Å². The Hall–Kier alpha value is -4.20. The number of ether oxygens (including phenoxy) is 1. The number of benzene rings is 2. The molecule has 0 aliphatic heterocycles. The molecule has 1 aliphatic carbocycles. The molecule has 2 aromatic carbocycles. The molecule has 8 heteroatoms. The molecular weight excluding hydrogens is 476 g/mol. The summed E-state index contributed by atoms with van der Waals surface area (Å²) in [6, 6.07) is 13.4. The first-order chi connectivity index (χ1) is 17.7. The van der Waals surface area contributed by atoms with Gasteiger partial charge in [0.05, 0.1) is 5.52 Å². The number of Topliss-reactive ketones (excluding diaryl/α,β-unsaturated/α-hetero) is 1. The van der Waals surface area contributed by atoms with Gasteiger partial charge in [-0.15, -0.1) is 0 Å². The van der Waals surface area contributed by atoms with E-state index in [0.717, 1.165) is 11.3 Å². The van der Waals surface area contributed by atoms with Gasteiger partial charge in [0, 0.05) is 37.1 Å². The van der Waals surface area contributed by atoms with Crippen LogP contribution in [0.15, 0.2) is 60.8 Å². The highest BCUT2D eigenvalue weighted by atomic mass is 19.1. The van der Waals surface area contributed by atoms with E-state index in [4.69, 9.17) is 4.74 Å². The van der Waals surface area contributed by atoms with Crippen molar-refractivity contribution in [2.45, 2.75) is 33.1 Å². The van der Waals surface area contributed by atoms with Crippen molar-refractivity contribution in [2.75, 3.05) is 11.9 Å². The molecule has 0 spiro atoms. The Labute approximate surface area is 212 Å². The van der Waals surface area contributed by atoms with Crippen LogP contribution < -0.4 is 9.64 Å². The summed E-state index contributed by atoms with van der Waals surface area (Å²) in [6.07, 6.45) is 2.36. The highest BCUT2D eigenvalue weighted by Gasteiger charge is 2.56. The number of nitrogens with zero attached hydrogens (tertiary/aromatic N) is 3. The number of carbonyl (C=O) groups is 2. The normalized spacial score (nSPS) is 13.9. The predicted octanol–water partition coefficient (Wildman–Crippen LogP) is 5.87. The first-order valence-corrected chi connectivity index (χ1v) is 11.9. The topological polar surface area (TPSA) is 72.4 Å². The quantitative estimate of drug-likeness (QED) is 0.296. The summed E-state index contributed by atoms with van der Waals surface area (Å²) in [5.74, 6) is -1.27. The van der Waals surface area contributed by atoms with Gasteiger partial charge in [0.25, 0.3) is 0 Å². The Morgan fingerprint density at radius 2 is 1.73 bits per heavy atom. The maximum absolute atomic E-state index is 15.0. The molecule has 0 atom stereocenters. The van der Waals surface area contributed by atoms with E-state index in [0.29, 0.717) is 40.9 Å². The fraction of sp³-hybridized carbons (Fsp3) is 0.241. The molecule has 5 rings (SSSR count). The molecule has 1 saturated carbocycles. The van der Waals surface area contributed by atoms with Gasteiger partial charge in [-0.2, -0.15) is 0 Å². The van der Waals surface area contributed by atoms with Gasteiger partial charge in [-0.1, -0.05) is 6.07 Å². The van der Waals surface area contributed by atoms with Crippen molar-refractivity contribution in [3.8, 4) is 11.5 Å². The molecule has 0 bridgehead atoms. The van der Waals surface area contributed by atoms with Gasteiger partial charge >= 0.3 is 0 Å². The summed E-state index contributed by atoms with van der Waals surface area (Å²) >= 11 is 0. The van der Waals surface area contributed by atoms with E-state index in [1.165, 1.54) is 41.3 Å². The number of anilines is 1. The summed E-state index contributed by atoms with van der Waals surface area (Å²) in [5, 5.41) is 0. The van der Waals surface area contributed by atoms with Crippen molar-refractivity contribution in [3.05, 3.63) is 89.2 Å². The second-order valence-corrected chi connectivity index (χ2v) is 9.46. The Morgan fingerprint density at radius 1 is 1.00 bits per heavy atom. The summed E-state index contributed by atoms with van der Waals surface area (Å²) in [4.78, 5) is 36.5. The molecular formula is C29H25F2N3O3. The number of aromatic nitrogens is 2. The van der Waals surface area contributed by atoms with Gasteiger partial charge in [0.15, 0.2) is 23.1 Å². The summed E-state index contributed by atoms with van der Waals surface area (Å²) < 4.78 is 34.1. The van der Waals surface area contributed by atoms with Crippen molar-refractivity contribution < 1.29 is 23.1 Å². The second kappa shape index (κ2) is 9.35. The molecule has 1 fully saturated rings. The van der Waals surface area contributed by atoms with E-state index in [-0.39, 0.29) is 23.9 Å². The van der Waals surface area contributed by atoms with Crippen LogP contribution in [0.4, 0.5) is 14.5 Å². The van der Waals surface area contributed by atoms with E-state index >= 15 is 4.39 Å². The van der Waals surface area contributed by atoms with Crippen LogP contribution in [0.25, 0.3) is 11.0 Å². The van der Waals surface area contributed by atoms with Crippen LogP contribution in [0, 0.1) is 30.9 Å². The summed E-state index contributed by atoms with van der Waals surface area (Å²) in [6.45, 7) is 3.82. The molecule has 0 N–H and O–H groups in total. The third-order valence-electron chi connectivity index (χ3n) is 6.91. The van der Waals surface area contributed by atoms with Crippen LogP contribution in [0.2, 0.25) is 0 Å². The molecule has 1 amide bonds. The van der Waals surface area contributed by atoms with Gasteiger partial charge in [-0.05, 0) is 80.3 Å². The third-order valence-corrected chi connectivity index (χ3v) is 6.91. The van der Waals surface area contributed by atoms with Crippen LogP contribution in [-0.2, 0) is 16.0 Å². The van der Waals surface area contributed by atoms with Gasteiger partial charge < -0.3 is 9.64 Å². The largest absolute Gasteiger partial charge is 0.452 e. The number of fused-ring (bicyclic) bond motifs is 1. The number of ketones is 1. The second-order valence-electron chi connectivity index (χ2n) is 9.46. The highest BCUT2D eigenvalue weighted by molar-refractivity contribution is 6.15. The zero-order valence-corrected chi connectivity index (χ0v) is 20.7. The zero-order valence-electron chi connectivity index (χ0n) is 20.7. The fourth-order valence-corrected chi connectivity index (χ4v) is 4.37. The summed E-state index contributed by atoms with van der Waals surface area (Å²) in [7, 11) is 1.56. The maximum atomic E-state index is 15.0. The lowest BCUT2D eigenvalue weighted by Crippen LogP contribution is -2.39. The van der Waals surface area contributed by atoms with E-state index < -0.39 is 17.0 Å². The minimum Gasteiger partial charge on any atom is -0.452 e. The number of hydrogen-bond acceptors (Lipinski definition) is 5. The van der Waals surface area contributed by atoms with Gasteiger partial charge in [0.2, 0.25) is 5.91 Å². The van der Waals surface area contributed by atoms with Crippen molar-refractivity contribution in [3.63, 3.8) is 0 Å². The van der Waals surface area contributed by atoms with Crippen molar-refractivity contribution in [1.29, 1.82) is 0 Å². The first kappa shape index (κ1) is 24.5. The van der Waals surface area contributed by atoms with Crippen LogP contribution in [-0.4, -0.2) is 28.7 Å². The molecule has 1 aliphatic rings. The lowest BCUT2D eigenvalue weighted by molar-refractivity contribution is -0.133. The Bertz CT molecular complexity index is 1530. The van der Waals surface area contributed by atoms with E-state index in [2.05, 4.69) is 9.97 Å². The average molecular weight is 502 g/mol. The lowest BCUT2D eigenvalue weighted by atomic mass is 9.93. The smallest absolute Gasteiger partial charge is 0.240 e. The lowest BCUT2D eigenvalue weighted by Gasteiger charge is -2.23. The van der Waals surface area contributed by atoms with Crippen molar-refractivity contribution >= 4 is 28.4 Å². The fourth-order valence-electron chi connectivity index (χ4n) is 4.37. The molecule has 0 unspecified atom stereocenters. The predicted molar refractivity (Wildman–Crippen MR) is 136 cm³/mol. The number of hydrogen-bond donors (Lipinski definition) is 0. The van der Waals surface area contributed by atoms with Crippen LogP contribution in [0.3, 0.4) is 0 Å². The van der Waals surface area contributed by atoms with Crippen LogP contribution in [0.5, 0.6) is 11.5 Å². The monoisotopic (exact) mass is 501 g/mol. The zero-order chi connectivity index (χ0) is 26.3. The number of rotatable bonds is 7. The van der Waals surface area contributed by atoms with Gasteiger partial charge in [-0.25, -0.2) is 13.8 Å². The number of pyridine rings is 2. The SMILES string of the molecule is Cc1cc2nccc(Oc3ccc(CC(=O)C4(C(=O)N(C)c5ccc(F)cc5)CC4)cc3F)c2nc1C. The van der Waals surface area contributed by atoms with Gasteiger partial charge in [-0.3, -0.25) is 14.6 Å². The highest BCUT2D eigenvalue weighted by Crippen LogP contribution is 2.49.